The fourth-order valence-electron chi connectivity index (χ4n) is 1.63. The summed E-state index contributed by atoms with van der Waals surface area (Å²) < 4.78 is 27.3. The lowest BCUT2D eigenvalue weighted by atomic mass is 10.1. The lowest BCUT2D eigenvalue weighted by Gasteiger charge is -2.12. The number of anilines is 1. The largest absolute Gasteiger partial charge is 0.385 e. The molecule has 2 rings (SSSR count). The van der Waals surface area contributed by atoms with Gasteiger partial charge in [0.25, 0.3) is 5.92 Å². The van der Waals surface area contributed by atoms with Crippen LogP contribution < -0.4 is 5.32 Å². The zero-order valence-corrected chi connectivity index (χ0v) is 9.07. The minimum absolute atomic E-state index is 0.0979. The molecular weight excluding hydrogens is 252 g/mol. The number of rotatable bonds is 0. The predicted octanol–water partition coefficient (Wildman–Crippen LogP) is 3.44. The second-order valence-electron chi connectivity index (χ2n) is 3.51. The summed E-state index contributed by atoms with van der Waals surface area (Å²) >= 11 is 3.28. The Labute approximate surface area is 89.6 Å². The Morgan fingerprint density at radius 2 is 2.14 bits per heavy atom. The van der Waals surface area contributed by atoms with E-state index >= 15 is 0 Å². The van der Waals surface area contributed by atoms with Gasteiger partial charge in [-0.05, 0) is 23.8 Å². The van der Waals surface area contributed by atoms with E-state index in [1.165, 1.54) is 0 Å². The quantitative estimate of drug-likeness (QED) is 0.755. The summed E-state index contributed by atoms with van der Waals surface area (Å²) in [4.78, 5) is 0. The van der Waals surface area contributed by atoms with E-state index in [1.807, 2.05) is 12.1 Å². The Bertz CT molecular complexity index is 352. The van der Waals surface area contributed by atoms with E-state index in [0.29, 0.717) is 12.1 Å². The van der Waals surface area contributed by atoms with Crippen molar-refractivity contribution >= 4 is 21.6 Å². The molecule has 0 aromatic heterocycles. The maximum Gasteiger partial charge on any atom is 0.253 e. The third-order valence-corrected chi connectivity index (χ3v) is 2.82. The minimum atomic E-state index is -2.58. The Morgan fingerprint density at radius 1 is 1.36 bits per heavy atom. The fourth-order valence-corrected chi connectivity index (χ4v) is 2.04. The van der Waals surface area contributed by atoms with Gasteiger partial charge < -0.3 is 5.32 Å². The highest BCUT2D eigenvalue weighted by atomic mass is 79.9. The zero-order chi connectivity index (χ0) is 10.2. The minimum Gasteiger partial charge on any atom is -0.385 e. The van der Waals surface area contributed by atoms with Crippen LogP contribution in [-0.2, 0) is 6.42 Å². The summed E-state index contributed by atoms with van der Waals surface area (Å²) in [5.74, 6) is -2.58. The summed E-state index contributed by atoms with van der Waals surface area (Å²) in [5, 5.41) is 3.01. The number of hydrogen-bond donors (Lipinski definition) is 1. The molecule has 0 atom stereocenters. The fraction of sp³-hybridized carbons (Fsp3) is 0.400. The standard InChI is InChI=1S/C10H10BrF2N/c11-8-1-2-9-7(5-8)6-10(12,13)3-4-14-9/h1-2,5,14H,3-4,6H2. The van der Waals surface area contributed by atoms with Crippen LogP contribution in [0.4, 0.5) is 14.5 Å². The normalized spacial score (nSPS) is 19.4. The van der Waals surface area contributed by atoms with Crippen molar-refractivity contribution in [3.63, 3.8) is 0 Å². The first-order valence-corrected chi connectivity index (χ1v) is 5.26. The highest BCUT2D eigenvalue weighted by molar-refractivity contribution is 9.10. The molecule has 0 spiro atoms. The summed E-state index contributed by atoms with van der Waals surface area (Å²) in [6, 6.07) is 5.44. The molecule has 1 aromatic rings. The van der Waals surface area contributed by atoms with Crippen LogP contribution in [0, 0.1) is 0 Å². The average molecular weight is 262 g/mol. The smallest absolute Gasteiger partial charge is 0.253 e. The molecule has 0 unspecified atom stereocenters. The molecule has 1 nitrogen and oxygen atoms in total. The van der Waals surface area contributed by atoms with Gasteiger partial charge in [0.15, 0.2) is 0 Å². The van der Waals surface area contributed by atoms with Gasteiger partial charge in [-0.3, -0.25) is 0 Å². The third kappa shape index (κ3) is 2.05. The van der Waals surface area contributed by atoms with Crippen molar-refractivity contribution < 1.29 is 8.78 Å². The first-order valence-electron chi connectivity index (χ1n) is 4.47. The summed E-state index contributed by atoms with van der Waals surface area (Å²) in [7, 11) is 0. The molecule has 0 saturated carbocycles. The van der Waals surface area contributed by atoms with Gasteiger partial charge in [-0.25, -0.2) is 8.78 Å². The van der Waals surface area contributed by atoms with E-state index in [2.05, 4.69) is 21.2 Å². The Balaban J connectivity index is 2.38. The first-order chi connectivity index (χ1) is 6.57. The van der Waals surface area contributed by atoms with Crippen molar-refractivity contribution in [3.8, 4) is 0 Å². The van der Waals surface area contributed by atoms with Gasteiger partial charge in [-0.2, -0.15) is 0 Å². The molecule has 0 saturated heterocycles. The second kappa shape index (κ2) is 3.50. The number of benzene rings is 1. The molecule has 1 aromatic carbocycles. The lowest BCUT2D eigenvalue weighted by molar-refractivity contribution is -0.00196. The summed E-state index contributed by atoms with van der Waals surface area (Å²) in [5.41, 5.74) is 1.51. The van der Waals surface area contributed by atoms with Crippen molar-refractivity contribution in [2.24, 2.45) is 0 Å². The molecule has 0 amide bonds. The molecule has 4 heteroatoms. The van der Waals surface area contributed by atoms with Crippen LogP contribution in [-0.4, -0.2) is 12.5 Å². The molecule has 1 N–H and O–H groups in total. The van der Waals surface area contributed by atoms with Crippen molar-refractivity contribution in [3.05, 3.63) is 28.2 Å². The van der Waals surface area contributed by atoms with Gasteiger partial charge >= 0.3 is 0 Å². The van der Waals surface area contributed by atoms with Crippen molar-refractivity contribution in [2.75, 3.05) is 11.9 Å². The summed E-state index contributed by atoms with van der Waals surface area (Å²) in [6.45, 7) is 0.335. The van der Waals surface area contributed by atoms with Gasteiger partial charge in [0.1, 0.15) is 0 Å². The topological polar surface area (TPSA) is 12.0 Å². The van der Waals surface area contributed by atoms with Gasteiger partial charge in [0.2, 0.25) is 0 Å². The molecule has 1 aliphatic rings. The van der Waals surface area contributed by atoms with E-state index in [0.717, 1.165) is 10.2 Å². The van der Waals surface area contributed by atoms with Crippen LogP contribution in [0.2, 0.25) is 0 Å². The molecule has 0 radical (unpaired) electrons. The Morgan fingerprint density at radius 3 is 2.93 bits per heavy atom. The number of halogens is 3. The average Bonchev–Trinajstić information content (AvgIpc) is 2.21. The van der Waals surface area contributed by atoms with E-state index in [-0.39, 0.29) is 12.8 Å². The monoisotopic (exact) mass is 261 g/mol. The van der Waals surface area contributed by atoms with Crippen LogP contribution in [0.1, 0.15) is 12.0 Å². The van der Waals surface area contributed by atoms with E-state index in [1.54, 1.807) is 6.07 Å². The predicted molar refractivity (Wildman–Crippen MR) is 55.9 cm³/mol. The van der Waals surface area contributed by atoms with Crippen molar-refractivity contribution in [1.29, 1.82) is 0 Å². The third-order valence-electron chi connectivity index (χ3n) is 2.32. The van der Waals surface area contributed by atoms with Crippen LogP contribution in [0.3, 0.4) is 0 Å². The zero-order valence-electron chi connectivity index (χ0n) is 7.49. The first kappa shape index (κ1) is 9.90. The molecule has 0 bridgehead atoms. The Hall–Kier alpha value is -0.640. The SMILES string of the molecule is FC1(F)CCNc2ccc(Br)cc2C1. The maximum absolute atomic E-state index is 13.2. The maximum atomic E-state index is 13.2. The Kier molecular flexibility index (Phi) is 2.47. The highest BCUT2D eigenvalue weighted by Gasteiger charge is 2.31. The summed E-state index contributed by atoms with van der Waals surface area (Å²) in [6.07, 6.45) is -0.270. The highest BCUT2D eigenvalue weighted by Crippen LogP contribution is 2.32. The molecule has 1 heterocycles. The molecular formula is C10H10BrF2N. The van der Waals surface area contributed by atoms with E-state index < -0.39 is 5.92 Å². The number of alkyl halides is 2. The number of nitrogens with one attached hydrogen (secondary N) is 1. The lowest BCUT2D eigenvalue weighted by Crippen LogP contribution is -2.19. The van der Waals surface area contributed by atoms with Crippen LogP contribution in [0.25, 0.3) is 0 Å². The van der Waals surface area contributed by atoms with Gasteiger partial charge in [0, 0.05) is 29.5 Å². The number of fused-ring (bicyclic) bond motifs is 1. The number of hydrogen-bond acceptors (Lipinski definition) is 1. The molecule has 14 heavy (non-hydrogen) atoms. The van der Waals surface area contributed by atoms with Crippen molar-refractivity contribution in [2.45, 2.75) is 18.8 Å². The van der Waals surface area contributed by atoms with Crippen LogP contribution in [0.5, 0.6) is 0 Å². The molecule has 0 fully saturated rings. The molecule has 0 aliphatic carbocycles. The molecule has 76 valence electrons. The molecule has 1 aliphatic heterocycles. The van der Waals surface area contributed by atoms with Crippen molar-refractivity contribution in [1.82, 2.24) is 0 Å². The van der Waals surface area contributed by atoms with Crippen LogP contribution in [0.15, 0.2) is 22.7 Å². The van der Waals surface area contributed by atoms with Gasteiger partial charge in [0.05, 0.1) is 0 Å². The van der Waals surface area contributed by atoms with E-state index in [4.69, 9.17) is 0 Å². The second-order valence-corrected chi connectivity index (χ2v) is 4.43. The van der Waals surface area contributed by atoms with Gasteiger partial charge in [-0.1, -0.05) is 15.9 Å². The van der Waals surface area contributed by atoms with E-state index in [9.17, 15) is 8.78 Å². The van der Waals surface area contributed by atoms with Crippen LogP contribution >= 0.6 is 15.9 Å². The van der Waals surface area contributed by atoms with Gasteiger partial charge in [-0.15, -0.1) is 0 Å².